The number of ether oxygens (including phenoxy) is 1. The number of esters is 1. The fourth-order valence-electron chi connectivity index (χ4n) is 1.03. The van der Waals surface area contributed by atoms with Crippen LogP contribution in [0, 0.1) is 12.7 Å². The van der Waals surface area contributed by atoms with Crippen LogP contribution in [0.3, 0.4) is 0 Å². The van der Waals surface area contributed by atoms with Gasteiger partial charge in [-0.3, -0.25) is 0 Å². The van der Waals surface area contributed by atoms with Gasteiger partial charge in [0.15, 0.2) is 11.0 Å². The minimum Gasteiger partial charge on any atom is -0.465 e. The summed E-state index contributed by atoms with van der Waals surface area (Å²) >= 11 is 5.42. The van der Waals surface area contributed by atoms with Crippen molar-refractivity contribution in [2.24, 2.45) is 0 Å². The van der Waals surface area contributed by atoms with Crippen molar-refractivity contribution < 1.29 is 13.9 Å². The highest BCUT2D eigenvalue weighted by Crippen LogP contribution is 2.24. The molecule has 0 aromatic carbocycles. The maximum absolute atomic E-state index is 13.1. The third-order valence-corrected chi connectivity index (χ3v) is 1.95. The predicted molar refractivity (Wildman–Crippen MR) is 49.7 cm³/mol. The van der Waals surface area contributed by atoms with Crippen molar-refractivity contribution in [1.82, 2.24) is 4.98 Å². The van der Waals surface area contributed by atoms with E-state index in [0.717, 1.165) is 0 Å². The first-order chi connectivity index (χ1) is 6.49. The van der Waals surface area contributed by atoms with Crippen LogP contribution in [0.2, 0.25) is 5.15 Å². The number of rotatable bonds is 1. The number of nitrogens with two attached hydrogens (primary N) is 1. The minimum absolute atomic E-state index is 0.0885. The van der Waals surface area contributed by atoms with E-state index in [1.165, 1.54) is 14.0 Å². The number of carbonyl (C=O) groups is 1. The lowest BCUT2D eigenvalue weighted by Crippen LogP contribution is -2.11. The summed E-state index contributed by atoms with van der Waals surface area (Å²) in [7, 11) is 1.17. The maximum Gasteiger partial charge on any atom is 0.341 e. The van der Waals surface area contributed by atoms with E-state index < -0.39 is 11.8 Å². The van der Waals surface area contributed by atoms with Crippen LogP contribution in [0.25, 0.3) is 0 Å². The van der Waals surface area contributed by atoms with E-state index >= 15 is 0 Å². The molecular formula is C8H8ClFN2O2. The molecule has 0 radical (unpaired) electrons. The number of aryl methyl sites for hydroxylation is 1. The Labute approximate surface area is 84.8 Å². The summed E-state index contributed by atoms with van der Waals surface area (Å²) in [5.74, 6) is -1.64. The molecule has 14 heavy (non-hydrogen) atoms. The quantitative estimate of drug-likeness (QED) is 0.574. The van der Waals surface area contributed by atoms with Gasteiger partial charge in [0.25, 0.3) is 0 Å². The molecule has 0 amide bonds. The zero-order valence-electron chi connectivity index (χ0n) is 7.60. The van der Waals surface area contributed by atoms with E-state index in [2.05, 4.69) is 9.72 Å². The molecule has 1 heterocycles. The molecule has 0 saturated carbocycles. The number of hydrogen-bond donors (Lipinski definition) is 1. The first kappa shape index (κ1) is 10.7. The second kappa shape index (κ2) is 3.79. The number of nitrogens with zero attached hydrogens (tertiary/aromatic N) is 1. The fraction of sp³-hybridized carbons (Fsp3) is 0.250. The van der Waals surface area contributed by atoms with Crippen LogP contribution >= 0.6 is 11.6 Å². The molecule has 1 aromatic heterocycles. The first-order valence-corrected chi connectivity index (χ1v) is 4.06. The molecule has 76 valence electrons. The van der Waals surface area contributed by atoms with Gasteiger partial charge in [-0.25, -0.2) is 14.2 Å². The molecule has 0 aliphatic carbocycles. The van der Waals surface area contributed by atoms with Crippen molar-refractivity contribution in [3.63, 3.8) is 0 Å². The smallest absolute Gasteiger partial charge is 0.341 e. The number of methoxy groups -OCH3 is 1. The first-order valence-electron chi connectivity index (χ1n) is 3.68. The van der Waals surface area contributed by atoms with E-state index in [9.17, 15) is 9.18 Å². The average molecular weight is 219 g/mol. The topological polar surface area (TPSA) is 65.2 Å². The molecule has 0 spiro atoms. The van der Waals surface area contributed by atoms with Crippen LogP contribution in [0.4, 0.5) is 10.1 Å². The number of aromatic nitrogens is 1. The Kier molecular flexibility index (Phi) is 2.90. The van der Waals surface area contributed by atoms with E-state index in [1.807, 2.05) is 0 Å². The van der Waals surface area contributed by atoms with Gasteiger partial charge in [0.2, 0.25) is 0 Å². The summed E-state index contributed by atoms with van der Waals surface area (Å²) in [6.45, 7) is 1.49. The van der Waals surface area contributed by atoms with Crippen molar-refractivity contribution in [3.05, 3.63) is 22.2 Å². The van der Waals surface area contributed by atoms with Gasteiger partial charge in [-0.05, 0) is 6.92 Å². The molecule has 6 heteroatoms. The summed E-state index contributed by atoms with van der Waals surface area (Å²) in [6, 6.07) is 0. The van der Waals surface area contributed by atoms with Gasteiger partial charge in [0.1, 0.15) is 5.56 Å². The van der Waals surface area contributed by atoms with Crippen LogP contribution in [0.1, 0.15) is 16.1 Å². The highest BCUT2D eigenvalue weighted by molar-refractivity contribution is 6.30. The Balaban J connectivity index is 3.44. The SMILES string of the molecule is COC(=O)c1c(C)nc(Cl)c(F)c1N. The standard InChI is InChI=1S/C8H8ClFN2O2/c1-3-4(8(13)14-2)6(11)5(10)7(9)12-3/h1-2H3,(H2,11,12). The number of anilines is 1. The van der Waals surface area contributed by atoms with E-state index in [-0.39, 0.29) is 22.1 Å². The number of halogens is 2. The Morgan fingerprint density at radius 3 is 2.71 bits per heavy atom. The minimum atomic E-state index is -0.905. The molecule has 1 rings (SSSR count). The van der Waals surface area contributed by atoms with E-state index in [0.29, 0.717) is 0 Å². The van der Waals surface area contributed by atoms with Gasteiger partial charge in [-0.15, -0.1) is 0 Å². The van der Waals surface area contributed by atoms with Crippen molar-refractivity contribution in [3.8, 4) is 0 Å². The number of pyridine rings is 1. The van der Waals surface area contributed by atoms with Gasteiger partial charge in [0, 0.05) is 0 Å². The van der Waals surface area contributed by atoms with Crippen molar-refractivity contribution in [2.45, 2.75) is 6.92 Å². The second-order valence-corrected chi connectivity index (χ2v) is 2.94. The van der Waals surface area contributed by atoms with Gasteiger partial charge < -0.3 is 10.5 Å². The van der Waals surface area contributed by atoms with Gasteiger partial charge in [-0.2, -0.15) is 0 Å². The van der Waals surface area contributed by atoms with Gasteiger partial charge >= 0.3 is 5.97 Å². The third-order valence-electron chi connectivity index (χ3n) is 1.70. The zero-order valence-corrected chi connectivity index (χ0v) is 8.35. The molecule has 0 saturated heterocycles. The fourth-order valence-corrected chi connectivity index (χ4v) is 1.26. The van der Waals surface area contributed by atoms with Crippen LogP contribution < -0.4 is 5.73 Å². The molecular weight excluding hydrogens is 211 g/mol. The monoisotopic (exact) mass is 218 g/mol. The maximum atomic E-state index is 13.1. The Hall–Kier alpha value is -1.36. The number of hydrogen-bond acceptors (Lipinski definition) is 4. The predicted octanol–water partition coefficient (Wildman–Crippen LogP) is 1.55. The van der Waals surface area contributed by atoms with Crippen LogP contribution in [-0.4, -0.2) is 18.1 Å². The molecule has 0 bridgehead atoms. The summed E-state index contributed by atoms with van der Waals surface area (Å²) < 4.78 is 17.6. The molecule has 1 aromatic rings. The Bertz CT molecular complexity index is 395. The van der Waals surface area contributed by atoms with Crippen LogP contribution in [-0.2, 0) is 4.74 Å². The lowest BCUT2D eigenvalue weighted by atomic mass is 10.1. The summed E-state index contributed by atoms with van der Waals surface area (Å²) in [6.07, 6.45) is 0. The molecule has 0 aliphatic heterocycles. The molecule has 0 atom stereocenters. The molecule has 0 aliphatic rings. The molecule has 0 fully saturated rings. The second-order valence-electron chi connectivity index (χ2n) is 2.58. The van der Waals surface area contributed by atoms with E-state index in [4.69, 9.17) is 17.3 Å². The van der Waals surface area contributed by atoms with Gasteiger partial charge in [0.05, 0.1) is 18.5 Å². The Morgan fingerprint density at radius 2 is 2.21 bits per heavy atom. The highest BCUT2D eigenvalue weighted by atomic mass is 35.5. The largest absolute Gasteiger partial charge is 0.465 e. The van der Waals surface area contributed by atoms with Crippen molar-refractivity contribution >= 4 is 23.3 Å². The van der Waals surface area contributed by atoms with Crippen LogP contribution in [0.15, 0.2) is 0 Å². The lowest BCUT2D eigenvalue weighted by molar-refractivity contribution is 0.0600. The summed E-state index contributed by atoms with van der Waals surface area (Å²) in [5.41, 5.74) is 5.17. The summed E-state index contributed by atoms with van der Waals surface area (Å²) in [5, 5.41) is -0.354. The van der Waals surface area contributed by atoms with Crippen LogP contribution in [0.5, 0.6) is 0 Å². The Morgan fingerprint density at radius 1 is 1.64 bits per heavy atom. The van der Waals surface area contributed by atoms with Crippen molar-refractivity contribution in [1.29, 1.82) is 0 Å². The highest BCUT2D eigenvalue weighted by Gasteiger charge is 2.20. The zero-order chi connectivity index (χ0) is 10.9. The van der Waals surface area contributed by atoms with Crippen molar-refractivity contribution in [2.75, 3.05) is 12.8 Å². The molecule has 2 N–H and O–H groups in total. The molecule has 0 unspecified atom stereocenters. The number of carbonyl (C=O) groups excluding carboxylic acids is 1. The van der Waals surface area contributed by atoms with E-state index in [1.54, 1.807) is 0 Å². The lowest BCUT2D eigenvalue weighted by Gasteiger charge is -2.08. The number of nitrogen functional groups attached to an aromatic ring is 1. The normalized spacial score (nSPS) is 10.0. The third kappa shape index (κ3) is 1.63. The average Bonchev–Trinajstić information content (AvgIpc) is 2.14. The van der Waals surface area contributed by atoms with Gasteiger partial charge in [-0.1, -0.05) is 11.6 Å². The molecule has 4 nitrogen and oxygen atoms in total. The summed E-state index contributed by atoms with van der Waals surface area (Å²) in [4.78, 5) is 14.8.